The second kappa shape index (κ2) is 5.73. The molecule has 0 amide bonds. The molecule has 0 spiro atoms. The van der Waals surface area contributed by atoms with E-state index in [0.29, 0.717) is 5.92 Å². The monoisotopic (exact) mass is 221 g/mol. The van der Waals surface area contributed by atoms with E-state index >= 15 is 0 Å². The van der Waals surface area contributed by atoms with E-state index in [1.807, 2.05) is 19.1 Å². The van der Waals surface area contributed by atoms with Crippen molar-refractivity contribution >= 4 is 11.5 Å². The fourth-order valence-electron chi connectivity index (χ4n) is 1.62. The van der Waals surface area contributed by atoms with Crippen molar-refractivity contribution in [3.63, 3.8) is 0 Å². The fourth-order valence-corrected chi connectivity index (χ4v) is 1.62. The number of nitrogen functional groups attached to an aromatic ring is 1. The molecule has 0 aliphatic heterocycles. The highest BCUT2D eigenvalue weighted by atomic mass is 15.2. The van der Waals surface area contributed by atoms with Gasteiger partial charge in [0, 0.05) is 13.1 Å². The van der Waals surface area contributed by atoms with Gasteiger partial charge in [-0.25, -0.2) is 4.98 Å². The summed E-state index contributed by atoms with van der Waals surface area (Å²) in [5.74, 6) is 1.73. The Bertz CT molecular complexity index is 336. The summed E-state index contributed by atoms with van der Waals surface area (Å²) in [5, 5.41) is 0. The molecular formula is C13H23N3. The molecule has 0 bridgehead atoms. The molecule has 0 radical (unpaired) electrons. The van der Waals surface area contributed by atoms with Gasteiger partial charge in [-0.15, -0.1) is 0 Å². The van der Waals surface area contributed by atoms with E-state index in [4.69, 9.17) is 5.73 Å². The topological polar surface area (TPSA) is 42.1 Å². The normalized spacial score (nSPS) is 12.5. The van der Waals surface area contributed by atoms with Crippen molar-refractivity contribution in [3.8, 4) is 0 Å². The van der Waals surface area contributed by atoms with Gasteiger partial charge in [-0.2, -0.15) is 0 Å². The number of hydrogen-bond acceptors (Lipinski definition) is 3. The summed E-state index contributed by atoms with van der Waals surface area (Å²) in [6, 6.07) is 3.95. The molecule has 0 aromatic carbocycles. The van der Waals surface area contributed by atoms with Crippen LogP contribution >= 0.6 is 0 Å². The zero-order valence-electron chi connectivity index (χ0n) is 10.8. The smallest absolute Gasteiger partial charge is 0.128 e. The third kappa shape index (κ3) is 3.12. The Kier molecular flexibility index (Phi) is 4.59. The van der Waals surface area contributed by atoms with E-state index in [1.54, 1.807) is 0 Å². The Morgan fingerprint density at radius 1 is 1.38 bits per heavy atom. The Morgan fingerprint density at radius 3 is 2.56 bits per heavy atom. The summed E-state index contributed by atoms with van der Waals surface area (Å²) in [6.07, 6.45) is 1.20. The third-order valence-corrected chi connectivity index (χ3v) is 3.05. The zero-order chi connectivity index (χ0) is 12.1. The maximum atomic E-state index is 5.78. The van der Waals surface area contributed by atoms with Crippen LogP contribution in [0.1, 0.15) is 32.9 Å². The lowest BCUT2D eigenvalue weighted by molar-refractivity contribution is 0.545. The molecule has 1 atom stereocenters. The minimum absolute atomic E-state index is 0.694. The molecule has 0 aliphatic rings. The van der Waals surface area contributed by atoms with Crippen molar-refractivity contribution < 1.29 is 0 Å². The molecular weight excluding hydrogens is 198 g/mol. The third-order valence-electron chi connectivity index (χ3n) is 3.05. The molecule has 0 fully saturated rings. The van der Waals surface area contributed by atoms with Crippen LogP contribution in [-0.2, 0) is 0 Å². The van der Waals surface area contributed by atoms with E-state index in [1.165, 1.54) is 6.42 Å². The molecule has 90 valence electrons. The summed E-state index contributed by atoms with van der Waals surface area (Å²) in [7, 11) is 0. The van der Waals surface area contributed by atoms with Crippen LogP contribution in [0.3, 0.4) is 0 Å². The number of aromatic nitrogens is 1. The highest BCUT2D eigenvalue weighted by Gasteiger charge is 2.10. The molecule has 16 heavy (non-hydrogen) atoms. The first-order chi connectivity index (χ1) is 7.58. The summed E-state index contributed by atoms with van der Waals surface area (Å²) in [4.78, 5) is 6.84. The van der Waals surface area contributed by atoms with Gasteiger partial charge in [0.05, 0.1) is 11.4 Å². The van der Waals surface area contributed by atoms with Crippen LogP contribution in [-0.4, -0.2) is 18.1 Å². The molecule has 1 rings (SSSR count). The number of anilines is 2. The second-order valence-electron chi connectivity index (χ2n) is 4.40. The number of nitrogens with zero attached hydrogens (tertiary/aromatic N) is 2. The zero-order valence-corrected chi connectivity index (χ0v) is 10.8. The molecule has 1 aromatic heterocycles. The van der Waals surface area contributed by atoms with Gasteiger partial charge >= 0.3 is 0 Å². The van der Waals surface area contributed by atoms with Gasteiger partial charge in [-0.05, 0) is 31.9 Å². The molecule has 1 unspecified atom stereocenters. The number of nitrogens with two attached hydrogens (primary N) is 1. The highest BCUT2D eigenvalue weighted by Crippen LogP contribution is 2.17. The molecule has 1 aromatic rings. The summed E-state index contributed by atoms with van der Waals surface area (Å²) in [5.41, 5.74) is 7.46. The molecule has 0 saturated heterocycles. The number of pyridine rings is 1. The highest BCUT2D eigenvalue weighted by molar-refractivity contribution is 5.50. The minimum Gasteiger partial charge on any atom is -0.397 e. The van der Waals surface area contributed by atoms with Crippen molar-refractivity contribution in [1.82, 2.24) is 4.98 Å². The Labute approximate surface area is 98.7 Å². The van der Waals surface area contributed by atoms with Gasteiger partial charge in [-0.1, -0.05) is 20.3 Å². The van der Waals surface area contributed by atoms with E-state index < -0.39 is 0 Å². The Morgan fingerprint density at radius 2 is 2.06 bits per heavy atom. The van der Waals surface area contributed by atoms with Crippen molar-refractivity contribution in [2.45, 2.75) is 34.1 Å². The van der Waals surface area contributed by atoms with E-state index in [9.17, 15) is 0 Å². The Balaban J connectivity index is 2.82. The largest absolute Gasteiger partial charge is 0.397 e. The number of hydrogen-bond donors (Lipinski definition) is 1. The average molecular weight is 221 g/mol. The van der Waals surface area contributed by atoms with E-state index in [0.717, 1.165) is 30.3 Å². The van der Waals surface area contributed by atoms with Gasteiger partial charge < -0.3 is 10.6 Å². The van der Waals surface area contributed by atoms with Crippen molar-refractivity contribution in [3.05, 3.63) is 17.8 Å². The van der Waals surface area contributed by atoms with Crippen LogP contribution in [0.15, 0.2) is 12.1 Å². The lowest BCUT2D eigenvalue weighted by Crippen LogP contribution is -2.29. The van der Waals surface area contributed by atoms with Crippen LogP contribution in [0.25, 0.3) is 0 Å². The summed E-state index contributed by atoms with van der Waals surface area (Å²) in [6.45, 7) is 10.7. The maximum Gasteiger partial charge on any atom is 0.128 e. The number of aryl methyl sites for hydroxylation is 1. The van der Waals surface area contributed by atoms with Crippen molar-refractivity contribution in [1.29, 1.82) is 0 Å². The lowest BCUT2D eigenvalue weighted by atomic mass is 10.1. The van der Waals surface area contributed by atoms with Gasteiger partial charge in [0.25, 0.3) is 0 Å². The summed E-state index contributed by atoms with van der Waals surface area (Å²) >= 11 is 0. The van der Waals surface area contributed by atoms with E-state index in [-0.39, 0.29) is 0 Å². The standard InChI is InChI=1S/C13H23N3/c1-5-10(3)9-16(6-2)13-8-7-12(14)11(4)15-13/h7-8,10H,5-6,9,14H2,1-4H3. The summed E-state index contributed by atoms with van der Waals surface area (Å²) < 4.78 is 0. The molecule has 0 aliphatic carbocycles. The first-order valence-electron chi connectivity index (χ1n) is 6.06. The quantitative estimate of drug-likeness (QED) is 0.831. The van der Waals surface area contributed by atoms with Crippen molar-refractivity contribution in [2.24, 2.45) is 5.92 Å². The second-order valence-corrected chi connectivity index (χ2v) is 4.40. The van der Waals surface area contributed by atoms with Gasteiger partial charge in [0.15, 0.2) is 0 Å². The molecule has 0 saturated carbocycles. The average Bonchev–Trinajstić information content (AvgIpc) is 2.29. The molecule has 3 nitrogen and oxygen atoms in total. The van der Waals surface area contributed by atoms with Gasteiger partial charge in [0.1, 0.15) is 5.82 Å². The van der Waals surface area contributed by atoms with Crippen LogP contribution in [0, 0.1) is 12.8 Å². The van der Waals surface area contributed by atoms with Crippen molar-refractivity contribution in [2.75, 3.05) is 23.7 Å². The van der Waals surface area contributed by atoms with Crippen LogP contribution in [0.4, 0.5) is 11.5 Å². The van der Waals surface area contributed by atoms with Crippen LogP contribution in [0.2, 0.25) is 0 Å². The predicted molar refractivity (Wildman–Crippen MR) is 70.7 cm³/mol. The van der Waals surface area contributed by atoms with Crippen LogP contribution < -0.4 is 10.6 Å². The van der Waals surface area contributed by atoms with Gasteiger partial charge in [-0.3, -0.25) is 0 Å². The Hall–Kier alpha value is -1.25. The van der Waals surface area contributed by atoms with E-state index in [2.05, 4.69) is 30.7 Å². The first-order valence-corrected chi connectivity index (χ1v) is 6.06. The van der Waals surface area contributed by atoms with Gasteiger partial charge in [0.2, 0.25) is 0 Å². The molecule has 1 heterocycles. The molecule has 3 heteroatoms. The predicted octanol–water partition coefficient (Wildman–Crippen LogP) is 2.84. The molecule has 2 N–H and O–H groups in total. The fraction of sp³-hybridized carbons (Fsp3) is 0.615. The maximum absolute atomic E-state index is 5.78. The number of rotatable bonds is 5. The first kappa shape index (κ1) is 12.8. The van der Waals surface area contributed by atoms with Crippen LogP contribution in [0.5, 0.6) is 0 Å². The SMILES string of the molecule is CCC(C)CN(CC)c1ccc(N)c(C)n1. The minimum atomic E-state index is 0.694. The lowest BCUT2D eigenvalue weighted by Gasteiger charge is -2.25.